The number of ketones is 1. The van der Waals surface area contributed by atoms with Crippen LogP contribution in [0.5, 0.6) is 5.75 Å². The highest BCUT2D eigenvalue weighted by atomic mass is 19.4. The molecule has 0 amide bonds. The summed E-state index contributed by atoms with van der Waals surface area (Å²) in [6, 6.07) is 13.1. The molecule has 4 nitrogen and oxygen atoms in total. The molecule has 0 saturated heterocycles. The Labute approximate surface area is 172 Å². The highest BCUT2D eigenvalue weighted by molar-refractivity contribution is 5.91. The number of carbonyl (C=O) groups excluding carboxylic acids is 2. The first-order valence-electron chi connectivity index (χ1n) is 9.60. The van der Waals surface area contributed by atoms with E-state index in [0.29, 0.717) is 12.0 Å². The lowest BCUT2D eigenvalue weighted by Gasteiger charge is -2.17. The Bertz CT molecular complexity index is 906. The first kappa shape index (κ1) is 21.6. The summed E-state index contributed by atoms with van der Waals surface area (Å²) in [6.45, 7) is -0.376. The standard InChI is InChI=1S/C23H21F3O4/c24-23(25,26)18-9-5-10-20(14-18)29-15-19(27)13-12-16-8-4-11-21(16)30-22(28)17-6-2-1-3-7-17/h1-3,5-7,9-10,12-14,16,21H,4,8,11,15H2/b13-12+/t16-,21+/m0/s1. The number of halogens is 3. The number of esters is 1. The first-order chi connectivity index (χ1) is 14.3. The van der Waals surface area contributed by atoms with Crippen molar-refractivity contribution in [1.29, 1.82) is 0 Å². The van der Waals surface area contributed by atoms with Crippen molar-refractivity contribution in [3.8, 4) is 5.75 Å². The Morgan fingerprint density at radius 2 is 1.80 bits per heavy atom. The lowest BCUT2D eigenvalue weighted by molar-refractivity contribution is -0.137. The van der Waals surface area contributed by atoms with Crippen molar-refractivity contribution in [2.75, 3.05) is 6.61 Å². The van der Waals surface area contributed by atoms with E-state index in [0.717, 1.165) is 25.0 Å². The van der Waals surface area contributed by atoms with Crippen molar-refractivity contribution in [1.82, 2.24) is 0 Å². The van der Waals surface area contributed by atoms with Crippen LogP contribution in [0.2, 0.25) is 0 Å². The van der Waals surface area contributed by atoms with Crippen LogP contribution in [0.4, 0.5) is 13.2 Å². The summed E-state index contributed by atoms with van der Waals surface area (Å²) in [5.41, 5.74) is -0.366. The predicted molar refractivity (Wildman–Crippen MR) is 104 cm³/mol. The van der Waals surface area contributed by atoms with E-state index < -0.39 is 17.7 Å². The van der Waals surface area contributed by atoms with Gasteiger partial charge in [0.2, 0.25) is 0 Å². The minimum atomic E-state index is -4.47. The number of benzene rings is 2. The average molecular weight is 418 g/mol. The van der Waals surface area contributed by atoms with Gasteiger partial charge in [0, 0.05) is 5.92 Å². The van der Waals surface area contributed by atoms with Gasteiger partial charge in [0.1, 0.15) is 11.9 Å². The molecule has 158 valence electrons. The van der Waals surface area contributed by atoms with E-state index >= 15 is 0 Å². The summed E-state index contributed by atoms with van der Waals surface area (Å²) in [5.74, 6) is -0.898. The van der Waals surface area contributed by atoms with Crippen LogP contribution in [0.25, 0.3) is 0 Å². The molecule has 1 fully saturated rings. The summed E-state index contributed by atoms with van der Waals surface area (Å²) >= 11 is 0. The molecule has 1 aliphatic carbocycles. The van der Waals surface area contributed by atoms with Gasteiger partial charge < -0.3 is 9.47 Å². The molecule has 0 heterocycles. The number of hydrogen-bond donors (Lipinski definition) is 0. The number of ether oxygens (including phenoxy) is 2. The molecule has 2 atom stereocenters. The summed E-state index contributed by atoms with van der Waals surface area (Å²) in [5, 5.41) is 0. The molecule has 0 aliphatic heterocycles. The Hall–Kier alpha value is -3.09. The SMILES string of the molecule is O=C(/C=C/[C@@H]1CCC[C@H]1OC(=O)c1ccccc1)COc1cccc(C(F)(F)F)c1. The van der Waals surface area contributed by atoms with Crippen LogP contribution in [0, 0.1) is 5.92 Å². The third-order valence-electron chi connectivity index (χ3n) is 4.84. The van der Waals surface area contributed by atoms with Crippen LogP contribution >= 0.6 is 0 Å². The third-order valence-corrected chi connectivity index (χ3v) is 4.84. The van der Waals surface area contributed by atoms with Gasteiger partial charge in [-0.2, -0.15) is 13.2 Å². The fourth-order valence-corrected chi connectivity index (χ4v) is 3.30. The molecule has 3 rings (SSSR count). The molecule has 1 saturated carbocycles. The van der Waals surface area contributed by atoms with E-state index in [9.17, 15) is 22.8 Å². The Kier molecular flexibility index (Phi) is 6.92. The van der Waals surface area contributed by atoms with Gasteiger partial charge in [-0.05, 0) is 55.7 Å². The quantitative estimate of drug-likeness (QED) is 0.456. The van der Waals surface area contributed by atoms with Crippen molar-refractivity contribution in [2.24, 2.45) is 5.92 Å². The lowest BCUT2D eigenvalue weighted by atomic mass is 10.0. The molecule has 0 unspecified atom stereocenters. The van der Waals surface area contributed by atoms with Gasteiger partial charge in [-0.1, -0.05) is 30.3 Å². The van der Waals surface area contributed by atoms with Crippen molar-refractivity contribution in [3.05, 3.63) is 77.9 Å². The smallest absolute Gasteiger partial charge is 0.416 e. The number of alkyl halides is 3. The highest BCUT2D eigenvalue weighted by Crippen LogP contribution is 2.32. The summed E-state index contributed by atoms with van der Waals surface area (Å²) < 4.78 is 48.9. The summed E-state index contributed by atoms with van der Waals surface area (Å²) in [6.07, 6.45) is 0.606. The zero-order chi connectivity index (χ0) is 21.6. The Morgan fingerprint density at radius 1 is 1.03 bits per heavy atom. The van der Waals surface area contributed by atoms with E-state index in [4.69, 9.17) is 9.47 Å². The van der Waals surface area contributed by atoms with Gasteiger partial charge >= 0.3 is 12.1 Å². The molecule has 1 aliphatic rings. The van der Waals surface area contributed by atoms with Gasteiger partial charge in [0.15, 0.2) is 12.4 Å². The second kappa shape index (κ2) is 9.61. The van der Waals surface area contributed by atoms with Gasteiger partial charge in [-0.3, -0.25) is 4.79 Å². The van der Waals surface area contributed by atoms with Crippen LogP contribution in [0.1, 0.15) is 35.2 Å². The van der Waals surface area contributed by atoms with Crippen LogP contribution in [-0.2, 0) is 15.7 Å². The lowest BCUT2D eigenvalue weighted by Crippen LogP contribution is -2.21. The normalized spacial score (nSPS) is 19.0. The number of rotatable bonds is 7. The maximum absolute atomic E-state index is 12.7. The minimum absolute atomic E-state index is 0.0258. The first-order valence-corrected chi connectivity index (χ1v) is 9.60. The zero-order valence-electron chi connectivity index (χ0n) is 16.1. The molecular formula is C23H21F3O4. The molecule has 2 aromatic rings. The van der Waals surface area contributed by atoms with Gasteiger partial charge in [0.05, 0.1) is 11.1 Å². The van der Waals surface area contributed by atoms with Crippen molar-refractivity contribution in [3.63, 3.8) is 0 Å². The number of carbonyl (C=O) groups is 2. The second-order valence-electron chi connectivity index (χ2n) is 7.04. The van der Waals surface area contributed by atoms with E-state index in [-0.39, 0.29) is 30.2 Å². The van der Waals surface area contributed by atoms with Crippen LogP contribution in [0.3, 0.4) is 0 Å². The predicted octanol–water partition coefficient (Wildman–Crippen LogP) is 5.24. The molecule has 0 aromatic heterocycles. The minimum Gasteiger partial charge on any atom is -0.485 e. The fourth-order valence-electron chi connectivity index (χ4n) is 3.30. The fraction of sp³-hybridized carbons (Fsp3) is 0.304. The monoisotopic (exact) mass is 418 g/mol. The third kappa shape index (κ3) is 5.95. The van der Waals surface area contributed by atoms with E-state index in [2.05, 4.69) is 0 Å². The van der Waals surface area contributed by atoms with Crippen molar-refractivity contribution in [2.45, 2.75) is 31.5 Å². The summed E-state index contributed by atoms with van der Waals surface area (Å²) in [7, 11) is 0. The van der Waals surface area contributed by atoms with Crippen LogP contribution < -0.4 is 4.74 Å². The zero-order valence-corrected chi connectivity index (χ0v) is 16.1. The van der Waals surface area contributed by atoms with Crippen molar-refractivity contribution < 1.29 is 32.2 Å². The largest absolute Gasteiger partial charge is 0.485 e. The Balaban J connectivity index is 1.52. The molecule has 7 heteroatoms. The van der Waals surface area contributed by atoms with E-state index in [1.807, 2.05) is 6.07 Å². The maximum Gasteiger partial charge on any atom is 0.416 e. The van der Waals surface area contributed by atoms with Gasteiger partial charge in [-0.25, -0.2) is 4.79 Å². The summed E-state index contributed by atoms with van der Waals surface area (Å²) in [4.78, 5) is 24.3. The maximum atomic E-state index is 12.7. The molecular weight excluding hydrogens is 397 g/mol. The Morgan fingerprint density at radius 3 is 2.53 bits per heavy atom. The molecule has 0 radical (unpaired) electrons. The van der Waals surface area contributed by atoms with Gasteiger partial charge in [0.25, 0.3) is 0 Å². The molecule has 0 bridgehead atoms. The van der Waals surface area contributed by atoms with E-state index in [1.165, 1.54) is 18.2 Å². The average Bonchev–Trinajstić information content (AvgIpc) is 3.18. The van der Waals surface area contributed by atoms with Crippen LogP contribution in [-0.4, -0.2) is 24.5 Å². The molecule has 0 spiro atoms. The van der Waals surface area contributed by atoms with E-state index in [1.54, 1.807) is 30.3 Å². The molecule has 0 N–H and O–H groups in total. The van der Waals surface area contributed by atoms with Crippen LogP contribution in [0.15, 0.2) is 66.7 Å². The topological polar surface area (TPSA) is 52.6 Å². The second-order valence-corrected chi connectivity index (χ2v) is 7.04. The molecule has 2 aromatic carbocycles. The molecule has 30 heavy (non-hydrogen) atoms. The van der Waals surface area contributed by atoms with Crippen molar-refractivity contribution >= 4 is 11.8 Å². The number of hydrogen-bond acceptors (Lipinski definition) is 4. The van der Waals surface area contributed by atoms with Gasteiger partial charge in [-0.15, -0.1) is 0 Å². The highest BCUT2D eigenvalue weighted by Gasteiger charge is 2.31.